The second kappa shape index (κ2) is 10.1. The van der Waals surface area contributed by atoms with Crippen molar-refractivity contribution in [1.82, 2.24) is 10.4 Å². The third kappa shape index (κ3) is 7.33. The first-order valence-electron chi connectivity index (χ1n) is 8.81. The highest BCUT2D eigenvalue weighted by atomic mass is 32.2. The Bertz CT molecular complexity index is 485. The molecule has 8 heteroatoms. The summed E-state index contributed by atoms with van der Waals surface area (Å²) in [6, 6.07) is -1.30. The van der Waals surface area contributed by atoms with E-state index in [0.717, 1.165) is 12.8 Å². The molecule has 1 aliphatic heterocycles. The van der Waals surface area contributed by atoms with Crippen molar-refractivity contribution in [1.29, 1.82) is 5.41 Å². The summed E-state index contributed by atoms with van der Waals surface area (Å²) in [5.74, 6) is -0.616. The largest absolute Gasteiger partial charge is 0.464 e. The molecule has 4 N–H and O–H groups in total. The van der Waals surface area contributed by atoms with Gasteiger partial charge in [0.25, 0.3) is 5.91 Å². The van der Waals surface area contributed by atoms with E-state index >= 15 is 0 Å². The van der Waals surface area contributed by atoms with Gasteiger partial charge in [-0.15, -0.1) is 11.8 Å². The molecule has 1 rings (SSSR count). The van der Waals surface area contributed by atoms with Gasteiger partial charge in [-0.1, -0.05) is 27.2 Å². The van der Waals surface area contributed by atoms with Crippen LogP contribution in [0.25, 0.3) is 0 Å². The number of nitrogens with zero attached hydrogens (tertiary/aromatic N) is 1. The summed E-state index contributed by atoms with van der Waals surface area (Å²) in [7, 11) is 0. The normalized spacial score (nSPS) is 19.4. The maximum atomic E-state index is 12.4. The number of ether oxygens (including phenoxy) is 1. The minimum atomic E-state index is -0.772. The smallest absolute Gasteiger partial charge is 0.324 e. The number of hydrogen-bond donors (Lipinski definition) is 3. The van der Waals surface area contributed by atoms with Crippen molar-refractivity contribution in [3.8, 4) is 0 Å². The molecule has 0 aromatic rings. The zero-order valence-electron chi connectivity index (χ0n) is 15.8. The van der Waals surface area contributed by atoms with Crippen molar-refractivity contribution >= 4 is 28.7 Å². The first-order chi connectivity index (χ1) is 11.7. The van der Waals surface area contributed by atoms with Gasteiger partial charge in [-0.2, -0.15) is 0 Å². The fourth-order valence-electron chi connectivity index (χ4n) is 2.80. The molecule has 1 heterocycles. The first-order valence-corrected chi connectivity index (χ1v) is 10.0. The lowest BCUT2D eigenvalue weighted by Crippen LogP contribution is -2.59. The van der Waals surface area contributed by atoms with Crippen LogP contribution in [-0.2, 0) is 14.3 Å². The van der Waals surface area contributed by atoms with Crippen molar-refractivity contribution in [2.45, 2.75) is 65.0 Å². The van der Waals surface area contributed by atoms with Crippen LogP contribution in [0.1, 0.15) is 52.9 Å². The second-order valence-electron chi connectivity index (χ2n) is 7.27. The number of nitrogens with two attached hydrogens (primary N) is 1. The van der Waals surface area contributed by atoms with Gasteiger partial charge in [0.15, 0.2) is 0 Å². The summed E-state index contributed by atoms with van der Waals surface area (Å²) in [5.41, 5.74) is 8.79. The van der Waals surface area contributed by atoms with Crippen LogP contribution in [0.4, 0.5) is 0 Å². The molecular weight excluding hydrogens is 340 g/mol. The number of carbonyl (C=O) groups is 2. The van der Waals surface area contributed by atoms with Crippen molar-refractivity contribution in [3.05, 3.63) is 0 Å². The van der Waals surface area contributed by atoms with Crippen molar-refractivity contribution in [2.75, 3.05) is 19.4 Å². The average Bonchev–Trinajstić information content (AvgIpc) is 2.58. The average molecular weight is 373 g/mol. The summed E-state index contributed by atoms with van der Waals surface area (Å²) in [4.78, 5) is 24.7. The molecule has 0 radical (unpaired) electrons. The lowest BCUT2D eigenvalue weighted by Gasteiger charge is -2.34. The minimum absolute atomic E-state index is 0.0465. The third-order valence-corrected chi connectivity index (χ3v) is 4.90. The van der Waals surface area contributed by atoms with Crippen molar-refractivity contribution < 1.29 is 14.3 Å². The van der Waals surface area contributed by atoms with Crippen LogP contribution < -0.4 is 11.2 Å². The van der Waals surface area contributed by atoms with Crippen molar-refractivity contribution in [2.24, 2.45) is 11.1 Å². The van der Waals surface area contributed by atoms with Crippen LogP contribution in [0.15, 0.2) is 0 Å². The highest BCUT2D eigenvalue weighted by molar-refractivity contribution is 8.13. The quantitative estimate of drug-likeness (QED) is 0.341. The van der Waals surface area contributed by atoms with E-state index in [4.69, 9.17) is 15.9 Å². The van der Waals surface area contributed by atoms with Crippen LogP contribution >= 0.6 is 11.8 Å². The predicted molar refractivity (Wildman–Crippen MR) is 101 cm³/mol. The summed E-state index contributed by atoms with van der Waals surface area (Å²) >= 11 is 1.27. The van der Waals surface area contributed by atoms with Gasteiger partial charge >= 0.3 is 5.97 Å². The van der Waals surface area contributed by atoms with Crippen LogP contribution in [0.5, 0.6) is 0 Å². The number of hydrogen-bond acceptors (Lipinski definition) is 7. The monoisotopic (exact) mass is 372 g/mol. The fourth-order valence-corrected chi connectivity index (χ4v) is 3.15. The van der Waals surface area contributed by atoms with Gasteiger partial charge in [-0.05, 0) is 30.9 Å². The molecular formula is C17H32N4O3S. The van der Waals surface area contributed by atoms with Gasteiger partial charge in [-0.3, -0.25) is 20.0 Å². The standard InChI is InChI=1S/C17H32N4O3S/c1-5-8-17(2,3)11-24-16(23)13-7-6-9-21(20-13)15(22)12(18)10-14(19)25-4/h12-13,19-20H,5-11,18H2,1-4H3/t12-,13-/m0/s1. The molecule has 7 nitrogen and oxygen atoms in total. The molecule has 2 atom stereocenters. The Kier molecular flexibility index (Phi) is 8.88. The molecule has 0 bridgehead atoms. The third-order valence-electron chi connectivity index (χ3n) is 4.24. The molecule has 1 fully saturated rings. The van der Waals surface area contributed by atoms with E-state index in [1.165, 1.54) is 16.8 Å². The highest BCUT2D eigenvalue weighted by Gasteiger charge is 2.32. The Morgan fingerprint density at radius 2 is 2.16 bits per heavy atom. The van der Waals surface area contributed by atoms with Crippen LogP contribution in [0.3, 0.4) is 0 Å². The molecule has 1 aliphatic rings. The number of hydrazine groups is 1. The Morgan fingerprint density at radius 3 is 2.76 bits per heavy atom. The molecule has 144 valence electrons. The van der Waals surface area contributed by atoms with Crippen LogP contribution in [-0.4, -0.2) is 53.4 Å². The fraction of sp³-hybridized carbons (Fsp3) is 0.824. The van der Waals surface area contributed by atoms with Gasteiger partial charge in [0.1, 0.15) is 6.04 Å². The Morgan fingerprint density at radius 1 is 1.48 bits per heavy atom. The maximum Gasteiger partial charge on any atom is 0.324 e. The van der Waals surface area contributed by atoms with Crippen LogP contribution in [0.2, 0.25) is 0 Å². The topological polar surface area (TPSA) is 109 Å². The van der Waals surface area contributed by atoms with E-state index in [-0.39, 0.29) is 23.7 Å². The first kappa shape index (κ1) is 21.9. The molecule has 1 amide bonds. The van der Waals surface area contributed by atoms with Gasteiger partial charge < -0.3 is 10.5 Å². The molecule has 0 aliphatic carbocycles. The second-order valence-corrected chi connectivity index (χ2v) is 8.17. The molecule has 0 saturated carbocycles. The summed E-state index contributed by atoms with van der Waals surface area (Å²) in [5, 5.41) is 9.42. The Hall–Kier alpha value is -1.12. The number of rotatable bonds is 8. The number of amides is 1. The van der Waals surface area contributed by atoms with E-state index in [0.29, 0.717) is 31.0 Å². The highest BCUT2D eigenvalue weighted by Crippen LogP contribution is 2.23. The van der Waals surface area contributed by atoms with Crippen LogP contribution in [0, 0.1) is 10.8 Å². The SMILES string of the molecule is CCCC(C)(C)COC(=O)[C@@H]1CCCN(C(=O)[C@@H](N)CC(=N)SC)N1. The molecule has 0 spiro atoms. The van der Waals surface area contributed by atoms with Crippen molar-refractivity contribution in [3.63, 3.8) is 0 Å². The minimum Gasteiger partial charge on any atom is -0.464 e. The molecule has 0 aromatic carbocycles. The van der Waals surface area contributed by atoms with Gasteiger partial charge in [0.05, 0.1) is 17.7 Å². The van der Waals surface area contributed by atoms with E-state index in [9.17, 15) is 9.59 Å². The van der Waals surface area contributed by atoms with E-state index < -0.39 is 12.1 Å². The number of thioether (sulfide) groups is 1. The number of nitrogens with one attached hydrogen (secondary N) is 2. The maximum absolute atomic E-state index is 12.4. The lowest BCUT2D eigenvalue weighted by atomic mass is 9.89. The molecule has 25 heavy (non-hydrogen) atoms. The van der Waals surface area contributed by atoms with E-state index in [1.54, 1.807) is 6.26 Å². The Balaban J connectivity index is 2.54. The van der Waals surface area contributed by atoms with Gasteiger partial charge in [-0.25, -0.2) is 5.43 Å². The summed E-state index contributed by atoms with van der Waals surface area (Å²) < 4.78 is 5.46. The summed E-state index contributed by atoms with van der Waals surface area (Å²) in [6.07, 6.45) is 5.36. The van der Waals surface area contributed by atoms with E-state index in [1.807, 2.05) is 0 Å². The zero-order chi connectivity index (χ0) is 19.0. The van der Waals surface area contributed by atoms with Gasteiger partial charge in [0, 0.05) is 13.0 Å². The molecule has 0 aromatic heterocycles. The number of esters is 1. The summed E-state index contributed by atoms with van der Waals surface area (Å²) in [6.45, 7) is 7.14. The van der Waals surface area contributed by atoms with E-state index in [2.05, 4.69) is 26.2 Å². The Labute approximate surface area is 154 Å². The zero-order valence-corrected chi connectivity index (χ0v) is 16.6. The number of carbonyl (C=O) groups excluding carboxylic acids is 2. The molecule has 1 saturated heterocycles. The van der Waals surface area contributed by atoms with Gasteiger partial charge in [0.2, 0.25) is 0 Å². The molecule has 0 unspecified atom stereocenters. The predicted octanol–water partition coefficient (Wildman–Crippen LogP) is 1.91. The lowest BCUT2D eigenvalue weighted by molar-refractivity contribution is -0.155.